The van der Waals surface area contributed by atoms with Crippen molar-refractivity contribution in [2.24, 2.45) is 5.92 Å². The summed E-state index contributed by atoms with van der Waals surface area (Å²) in [5.74, 6) is 1.25. The first-order valence-corrected chi connectivity index (χ1v) is 10.1. The number of rotatable bonds is 6. The highest BCUT2D eigenvalue weighted by atomic mass is 35.5. The van der Waals surface area contributed by atoms with Gasteiger partial charge in [0.05, 0.1) is 12.2 Å². The predicted molar refractivity (Wildman–Crippen MR) is 112 cm³/mol. The minimum atomic E-state index is -0.146. The molecular formula is C21H25ClN4O2. The third kappa shape index (κ3) is 4.14. The molecule has 148 valence electrons. The summed E-state index contributed by atoms with van der Waals surface area (Å²) in [4.78, 5) is 22.6. The second-order valence-corrected chi connectivity index (χ2v) is 7.89. The Hall–Kier alpha value is -2.15. The molecule has 7 heteroatoms. The minimum Gasteiger partial charge on any atom is -0.383 e. The van der Waals surface area contributed by atoms with Crippen LogP contribution in [0.5, 0.6) is 0 Å². The lowest BCUT2D eigenvalue weighted by Crippen LogP contribution is -2.38. The standard InChI is InChI=1S/C21H25ClN4O2/c1-28-10-9-25-7-2-3-15(13-25)14-26-8-6-23-20(26)18-11-16-4-5-17(22)12-19(16)24-21(18)27/h4-6,8,11-12,15H,2-3,7,9-10,13-14H2,1H3,(H,24,27). The number of imidazole rings is 1. The van der Waals surface area contributed by atoms with E-state index in [0.29, 0.717) is 22.3 Å². The van der Waals surface area contributed by atoms with Crippen molar-refractivity contribution in [3.63, 3.8) is 0 Å². The molecule has 28 heavy (non-hydrogen) atoms. The number of piperidine rings is 1. The number of nitrogens with one attached hydrogen (secondary N) is 1. The van der Waals surface area contributed by atoms with E-state index in [1.165, 1.54) is 12.8 Å². The first-order valence-electron chi connectivity index (χ1n) is 9.69. The molecule has 1 unspecified atom stereocenters. The number of likely N-dealkylation sites (tertiary alicyclic amines) is 1. The lowest BCUT2D eigenvalue weighted by molar-refractivity contribution is 0.110. The fourth-order valence-corrected chi connectivity index (χ4v) is 4.21. The molecule has 4 rings (SSSR count). The van der Waals surface area contributed by atoms with Crippen molar-refractivity contribution in [3.8, 4) is 11.4 Å². The lowest BCUT2D eigenvalue weighted by Gasteiger charge is -2.32. The van der Waals surface area contributed by atoms with Gasteiger partial charge >= 0.3 is 0 Å². The first-order chi connectivity index (χ1) is 13.6. The maximum absolute atomic E-state index is 12.7. The quantitative estimate of drug-likeness (QED) is 0.688. The van der Waals surface area contributed by atoms with Gasteiger partial charge in [-0.25, -0.2) is 4.98 Å². The predicted octanol–water partition coefficient (Wildman–Crippen LogP) is 3.40. The zero-order chi connectivity index (χ0) is 19.5. The van der Waals surface area contributed by atoms with Crippen molar-refractivity contribution in [1.29, 1.82) is 0 Å². The number of ether oxygens (including phenoxy) is 1. The molecule has 1 saturated heterocycles. The molecule has 0 aliphatic carbocycles. The van der Waals surface area contributed by atoms with E-state index >= 15 is 0 Å². The minimum absolute atomic E-state index is 0.146. The van der Waals surface area contributed by atoms with E-state index in [-0.39, 0.29) is 5.56 Å². The van der Waals surface area contributed by atoms with Gasteiger partial charge in [0.15, 0.2) is 0 Å². The molecule has 0 bridgehead atoms. The number of benzene rings is 1. The summed E-state index contributed by atoms with van der Waals surface area (Å²) in [6, 6.07) is 7.41. The van der Waals surface area contributed by atoms with Crippen molar-refractivity contribution in [2.75, 3.05) is 33.4 Å². The van der Waals surface area contributed by atoms with Crippen LogP contribution in [-0.2, 0) is 11.3 Å². The number of aromatic amines is 1. The van der Waals surface area contributed by atoms with Crippen molar-refractivity contribution in [3.05, 3.63) is 52.0 Å². The number of H-pyrrole nitrogens is 1. The Labute approximate surface area is 169 Å². The Morgan fingerprint density at radius 2 is 2.25 bits per heavy atom. The third-order valence-corrected chi connectivity index (χ3v) is 5.67. The van der Waals surface area contributed by atoms with Gasteiger partial charge in [-0.05, 0) is 48.9 Å². The molecule has 1 fully saturated rings. The van der Waals surface area contributed by atoms with Crippen LogP contribution in [0, 0.1) is 5.92 Å². The van der Waals surface area contributed by atoms with E-state index in [9.17, 15) is 4.79 Å². The maximum Gasteiger partial charge on any atom is 0.259 e. The van der Waals surface area contributed by atoms with E-state index in [1.807, 2.05) is 24.4 Å². The average Bonchev–Trinajstić information content (AvgIpc) is 3.14. The summed E-state index contributed by atoms with van der Waals surface area (Å²) in [5, 5.41) is 1.55. The number of pyridine rings is 1. The Bertz CT molecular complexity index is 1010. The van der Waals surface area contributed by atoms with Gasteiger partial charge in [0.1, 0.15) is 5.82 Å². The number of fused-ring (bicyclic) bond motifs is 1. The zero-order valence-corrected chi connectivity index (χ0v) is 16.8. The van der Waals surface area contributed by atoms with Gasteiger partial charge in [-0.3, -0.25) is 4.79 Å². The highest BCUT2D eigenvalue weighted by Crippen LogP contribution is 2.24. The monoisotopic (exact) mass is 400 g/mol. The van der Waals surface area contributed by atoms with E-state index < -0.39 is 0 Å². The normalized spacial score (nSPS) is 18.0. The molecule has 1 aliphatic rings. The van der Waals surface area contributed by atoms with Gasteiger partial charge in [0.25, 0.3) is 5.56 Å². The molecule has 1 N–H and O–H groups in total. The first kappa shape index (κ1) is 19.2. The lowest BCUT2D eigenvalue weighted by atomic mass is 9.98. The smallest absolute Gasteiger partial charge is 0.259 e. The van der Waals surface area contributed by atoms with Crippen molar-refractivity contribution >= 4 is 22.5 Å². The Morgan fingerprint density at radius 3 is 3.11 bits per heavy atom. The van der Waals surface area contributed by atoms with Crippen LogP contribution in [0.3, 0.4) is 0 Å². The number of hydrogen-bond donors (Lipinski definition) is 1. The highest BCUT2D eigenvalue weighted by Gasteiger charge is 2.21. The Balaban J connectivity index is 1.58. The molecule has 1 aliphatic heterocycles. The molecular weight excluding hydrogens is 376 g/mol. The summed E-state index contributed by atoms with van der Waals surface area (Å²) in [5.41, 5.74) is 1.18. The Morgan fingerprint density at radius 1 is 1.36 bits per heavy atom. The molecule has 0 saturated carbocycles. The summed E-state index contributed by atoms with van der Waals surface area (Å²) < 4.78 is 7.32. The van der Waals surface area contributed by atoms with Gasteiger partial charge in [0.2, 0.25) is 0 Å². The van der Waals surface area contributed by atoms with Crippen molar-refractivity contribution < 1.29 is 4.74 Å². The van der Waals surface area contributed by atoms with Gasteiger partial charge in [-0.2, -0.15) is 0 Å². The van der Waals surface area contributed by atoms with E-state index in [2.05, 4.69) is 19.4 Å². The molecule has 1 atom stereocenters. The van der Waals surface area contributed by atoms with Gasteiger partial charge in [0, 0.05) is 49.7 Å². The molecule has 0 spiro atoms. The Kier molecular flexibility index (Phi) is 5.80. The van der Waals surface area contributed by atoms with Crippen molar-refractivity contribution in [2.45, 2.75) is 19.4 Å². The number of aromatic nitrogens is 3. The number of halogens is 1. The van der Waals surface area contributed by atoms with Gasteiger partial charge in [-0.15, -0.1) is 0 Å². The van der Waals surface area contributed by atoms with Crippen LogP contribution in [0.2, 0.25) is 5.02 Å². The largest absolute Gasteiger partial charge is 0.383 e. The number of nitrogens with zero attached hydrogens (tertiary/aromatic N) is 3. The second kappa shape index (κ2) is 8.47. The SMILES string of the molecule is COCCN1CCCC(Cn2ccnc2-c2cc3ccc(Cl)cc3[nH]c2=O)C1. The van der Waals surface area contributed by atoms with E-state index in [4.69, 9.17) is 16.3 Å². The second-order valence-electron chi connectivity index (χ2n) is 7.45. The highest BCUT2D eigenvalue weighted by molar-refractivity contribution is 6.31. The summed E-state index contributed by atoms with van der Waals surface area (Å²) in [6.45, 7) is 4.77. The topological polar surface area (TPSA) is 63.1 Å². The average molecular weight is 401 g/mol. The fraction of sp³-hybridized carbons (Fsp3) is 0.429. The van der Waals surface area contributed by atoms with Crippen LogP contribution in [0.4, 0.5) is 0 Å². The number of hydrogen-bond acceptors (Lipinski definition) is 4. The van der Waals surface area contributed by atoms with Crippen LogP contribution in [-0.4, -0.2) is 52.8 Å². The summed E-state index contributed by atoms with van der Waals surface area (Å²) in [7, 11) is 1.74. The van der Waals surface area contributed by atoms with Crippen LogP contribution in [0.1, 0.15) is 12.8 Å². The summed E-state index contributed by atoms with van der Waals surface area (Å²) in [6.07, 6.45) is 6.12. The van der Waals surface area contributed by atoms with E-state index in [1.54, 1.807) is 19.4 Å². The van der Waals surface area contributed by atoms with Crippen LogP contribution >= 0.6 is 11.6 Å². The third-order valence-electron chi connectivity index (χ3n) is 5.43. The molecule has 0 amide bonds. The van der Waals surface area contributed by atoms with Gasteiger partial charge in [-0.1, -0.05) is 17.7 Å². The zero-order valence-electron chi connectivity index (χ0n) is 16.0. The maximum atomic E-state index is 12.7. The van der Waals surface area contributed by atoms with Gasteiger partial charge < -0.3 is 19.2 Å². The van der Waals surface area contributed by atoms with Crippen LogP contribution in [0.15, 0.2) is 41.5 Å². The van der Waals surface area contributed by atoms with E-state index in [0.717, 1.165) is 43.7 Å². The molecule has 3 aromatic rings. The van der Waals surface area contributed by atoms with Crippen LogP contribution in [0.25, 0.3) is 22.3 Å². The number of methoxy groups -OCH3 is 1. The molecule has 0 radical (unpaired) electrons. The molecule has 3 heterocycles. The molecule has 6 nitrogen and oxygen atoms in total. The van der Waals surface area contributed by atoms with Crippen LogP contribution < -0.4 is 5.56 Å². The fourth-order valence-electron chi connectivity index (χ4n) is 4.04. The molecule has 2 aromatic heterocycles. The summed E-state index contributed by atoms with van der Waals surface area (Å²) >= 11 is 6.04. The van der Waals surface area contributed by atoms with Crippen molar-refractivity contribution in [1.82, 2.24) is 19.4 Å². The molecule has 1 aromatic carbocycles.